The van der Waals surface area contributed by atoms with Crippen LogP contribution in [-0.2, 0) is 0 Å². The Labute approximate surface area is 132 Å². The summed E-state index contributed by atoms with van der Waals surface area (Å²) in [6.45, 7) is 0. The molecule has 0 aliphatic carbocycles. The number of nitrogens with zero attached hydrogens (tertiary/aromatic N) is 2. The van der Waals surface area contributed by atoms with Gasteiger partial charge in [0.25, 0.3) is 0 Å². The minimum atomic E-state index is 0.640. The molecule has 2 aromatic heterocycles. The molecule has 0 fully saturated rings. The second-order valence-electron chi connectivity index (χ2n) is 5.58. The van der Waals surface area contributed by atoms with E-state index in [2.05, 4.69) is 23.2 Å². The molecule has 0 radical (unpaired) electrons. The maximum Gasteiger partial charge on any atom is 0.227 e. The van der Waals surface area contributed by atoms with E-state index in [4.69, 9.17) is 9.40 Å². The summed E-state index contributed by atoms with van der Waals surface area (Å²) in [5, 5.41) is 2.22. The number of hydrogen-bond acceptors (Lipinski definition) is 3. The first-order valence-electron chi connectivity index (χ1n) is 7.52. The largest absolute Gasteiger partial charge is 0.436 e. The van der Waals surface area contributed by atoms with Gasteiger partial charge in [0.15, 0.2) is 5.58 Å². The second kappa shape index (κ2) is 4.65. The highest BCUT2D eigenvalue weighted by Crippen LogP contribution is 2.28. The van der Waals surface area contributed by atoms with E-state index in [9.17, 15) is 0 Å². The van der Waals surface area contributed by atoms with Gasteiger partial charge in [-0.25, -0.2) is 9.97 Å². The summed E-state index contributed by atoms with van der Waals surface area (Å²) < 4.78 is 5.86. The Balaban J connectivity index is 1.73. The fraction of sp³-hybridized carbons (Fsp3) is 0. The standard InChI is InChI=1S/C20H12N2O/c1-2-6-16-13(5-1)11-15-12-14(9-10-17(15)21-16)20-22-18-7-3-4-8-19(18)23-20/h1-12H. The number of fused-ring (bicyclic) bond motifs is 3. The lowest BCUT2D eigenvalue weighted by atomic mass is 10.1. The Kier molecular flexibility index (Phi) is 2.50. The van der Waals surface area contributed by atoms with Gasteiger partial charge >= 0.3 is 0 Å². The third kappa shape index (κ3) is 1.98. The third-order valence-corrected chi connectivity index (χ3v) is 4.06. The molecule has 0 amide bonds. The molecule has 23 heavy (non-hydrogen) atoms. The van der Waals surface area contributed by atoms with E-state index in [1.807, 2.05) is 54.6 Å². The van der Waals surface area contributed by atoms with E-state index in [1.165, 1.54) is 0 Å². The molecule has 0 aliphatic rings. The van der Waals surface area contributed by atoms with Gasteiger partial charge in [-0.2, -0.15) is 0 Å². The first-order valence-corrected chi connectivity index (χ1v) is 7.52. The molecule has 0 unspecified atom stereocenters. The van der Waals surface area contributed by atoms with Crippen LogP contribution in [0.3, 0.4) is 0 Å². The van der Waals surface area contributed by atoms with Crippen molar-refractivity contribution in [2.75, 3.05) is 0 Å². The predicted molar refractivity (Wildman–Crippen MR) is 92.3 cm³/mol. The molecule has 0 spiro atoms. The molecule has 0 aliphatic heterocycles. The Morgan fingerprint density at radius 3 is 2.30 bits per heavy atom. The molecule has 0 saturated heterocycles. The average molecular weight is 296 g/mol. The molecule has 0 N–H and O–H groups in total. The number of aromatic nitrogens is 2. The Morgan fingerprint density at radius 1 is 0.609 bits per heavy atom. The van der Waals surface area contributed by atoms with Crippen molar-refractivity contribution < 1.29 is 4.42 Å². The van der Waals surface area contributed by atoms with E-state index < -0.39 is 0 Å². The highest BCUT2D eigenvalue weighted by molar-refractivity contribution is 5.94. The maximum atomic E-state index is 5.86. The van der Waals surface area contributed by atoms with Crippen LogP contribution in [-0.4, -0.2) is 9.97 Å². The lowest BCUT2D eigenvalue weighted by Crippen LogP contribution is -1.84. The van der Waals surface area contributed by atoms with Crippen molar-refractivity contribution in [3.63, 3.8) is 0 Å². The molecule has 0 bridgehead atoms. The van der Waals surface area contributed by atoms with Crippen LogP contribution in [0.4, 0.5) is 0 Å². The molecule has 2 heterocycles. The van der Waals surface area contributed by atoms with Crippen molar-refractivity contribution in [1.29, 1.82) is 0 Å². The SMILES string of the molecule is c1ccc2nc3ccc(-c4nc5ccccc5o4)cc3cc2c1. The summed E-state index contributed by atoms with van der Waals surface area (Å²) in [5.41, 5.74) is 4.63. The van der Waals surface area contributed by atoms with Gasteiger partial charge in [-0.3, -0.25) is 0 Å². The first-order chi connectivity index (χ1) is 11.4. The molecule has 3 nitrogen and oxygen atoms in total. The number of hydrogen-bond donors (Lipinski definition) is 0. The minimum absolute atomic E-state index is 0.640. The summed E-state index contributed by atoms with van der Waals surface area (Å²) >= 11 is 0. The molecule has 3 heteroatoms. The Morgan fingerprint density at radius 2 is 1.39 bits per heavy atom. The van der Waals surface area contributed by atoms with E-state index in [0.29, 0.717) is 5.89 Å². The van der Waals surface area contributed by atoms with Gasteiger partial charge in [-0.1, -0.05) is 30.3 Å². The van der Waals surface area contributed by atoms with Gasteiger partial charge in [0.1, 0.15) is 5.52 Å². The highest BCUT2D eigenvalue weighted by Gasteiger charge is 2.09. The van der Waals surface area contributed by atoms with Crippen LogP contribution in [0.2, 0.25) is 0 Å². The number of rotatable bonds is 1. The van der Waals surface area contributed by atoms with Gasteiger partial charge in [-0.15, -0.1) is 0 Å². The predicted octanol–water partition coefficient (Wildman–Crippen LogP) is 5.20. The molecular formula is C20H12N2O. The summed E-state index contributed by atoms with van der Waals surface area (Å²) in [6.07, 6.45) is 0. The molecule has 5 aromatic rings. The smallest absolute Gasteiger partial charge is 0.227 e. The molecular weight excluding hydrogens is 284 g/mol. The lowest BCUT2D eigenvalue weighted by molar-refractivity contribution is 0.620. The van der Waals surface area contributed by atoms with Crippen LogP contribution in [0.15, 0.2) is 77.2 Å². The van der Waals surface area contributed by atoms with E-state index >= 15 is 0 Å². The topological polar surface area (TPSA) is 38.9 Å². The zero-order valence-corrected chi connectivity index (χ0v) is 12.2. The van der Waals surface area contributed by atoms with Crippen molar-refractivity contribution in [3.05, 3.63) is 72.8 Å². The van der Waals surface area contributed by atoms with Crippen LogP contribution in [0.5, 0.6) is 0 Å². The van der Waals surface area contributed by atoms with E-state index in [0.717, 1.165) is 38.5 Å². The van der Waals surface area contributed by atoms with Crippen molar-refractivity contribution in [2.24, 2.45) is 0 Å². The highest BCUT2D eigenvalue weighted by atomic mass is 16.3. The summed E-state index contributed by atoms with van der Waals surface area (Å²) in [5.74, 6) is 0.640. The minimum Gasteiger partial charge on any atom is -0.436 e. The molecule has 5 rings (SSSR count). The van der Waals surface area contributed by atoms with Gasteiger partial charge in [0.2, 0.25) is 5.89 Å². The van der Waals surface area contributed by atoms with Crippen molar-refractivity contribution in [3.8, 4) is 11.5 Å². The van der Waals surface area contributed by atoms with Crippen LogP contribution in [0, 0.1) is 0 Å². The summed E-state index contributed by atoms with van der Waals surface area (Å²) in [7, 11) is 0. The molecule has 108 valence electrons. The second-order valence-corrected chi connectivity index (χ2v) is 5.58. The first kappa shape index (κ1) is 12.4. The zero-order chi connectivity index (χ0) is 15.2. The Hall–Kier alpha value is -3.20. The summed E-state index contributed by atoms with van der Waals surface area (Å²) in [4.78, 5) is 9.27. The Bertz CT molecular complexity index is 1140. The molecule has 0 atom stereocenters. The van der Waals surface area contributed by atoms with Gasteiger partial charge in [0, 0.05) is 16.3 Å². The third-order valence-electron chi connectivity index (χ3n) is 4.06. The van der Waals surface area contributed by atoms with E-state index in [1.54, 1.807) is 0 Å². The number of oxazole rings is 1. The maximum absolute atomic E-state index is 5.86. The van der Waals surface area contributed by atoms with Crippen molar-refractivity contribution >= 4 is 32.9 Å². The van der Waals surface area contributed by atoms with Gasteiger partial charge < -0.3 is 4.42 Å². The normalized spacial score (nSPS) is 11.5. The zero-order valence-electron chi connectivity index (χ0n) is 12.2. The fourth-order valence-electron chi connectivity index (χ4n) is 2.91. The summed E-state index contributed by atoms with van der Waals surface area (Å²) in [6, 6.07) is 24.2. The quantitative estimate of drug-likeness (QED) is 0.399. The fourth-order valence-corrected chi connectivity index (χ4v) is 2.91. The molecule has 0 saturated carbocycles. The number of para-hydroxylation sites is 3. The number of pyridine rings is 1. The monoisotopic (exact) mass is 296 g/mol. The van der Waals surface area contributed by atoms with Crippen LogP contribution in [0.1, 0.15) is 0 Å². The van der Waals surface area contributed by atoms with Crippen molar-refractivity contribution in [1.82, 2.24) is 9.97 Å². The lowest BCUT2D eigenvalue weighted by Gasteiger charge is -2.03. The molecule has 3 aromatic carbocycles. The van der Waals surface area contributed by atoms with E-state index in [-0.39, 0.29) is 0 Å². The van der Waals surface area contributed by atoms with Crippen LogP contribution >= 0.6 is 0 Å². The van der Waals surface area contributed by atoms with Gasteiger partial charge in [-0.05, 0) is 42.5 Å². The average Bonchev–Trinajstić information content (AvgIpc) is 3.03. The van der Waals surface area contributed by atoms with Crippen LogP contribution < -0.4 is 0 Å². The van der Waals surface area contributed by atoms with Crippen LogP contribution in [0.25, 0.3) is 44.4 Å². The van der Waals surface area contributed by atoms with Crippen molar-refractivity contribution in [2.45, 2.75) is 0 Å². The van der Waals surface area contributed by atoms with Gasteiger partial charge in [0.05, 0.1) is 11.0 Å². The number of benzene rings is 3.